The Hall–Kier alpha value is -3.28. The number of rotatable bonds is 9. The fraction of sp³-hybridized carbons (Fsp3) is 0.333. The molecule has 3 rings (SSSR count). The number of amides is 1. The summed E-state index contributed by atoms with van der Waals surface area (Å²) in [6.45, 7) is 7.83. The topological polar surface area (TPSA) is 65.4 Å². The first-order valence-corrected chi connectivity index (χ1v) is 10.2. The van der Waals surface area contributed by atoms with Gasteiger partial charge in [-0.2, -0.15) is 5.10 Å². The summed E-state index contributed by atoms with van der Waals surface area (Å²) in [5, 5.41) is 7.44. The zero-order valence-corrected chi connectivity index (χ0v) is 18.1. The fourth-order valence-electron chi connectivity index (χ4n) is 3.21. The number of nitrogens with zero attached hydrogens (tertiary/aromatic N) is 2. The Morgan fingerprint density at radius 1 is 1.03 bits per heavy atom. The van der Waals surface area contributed by atoms with E-state index < -0.39 is 0 Å². The lowest BCUT2D eigenvalue weighted by atomic mass is 10.1. The summed E-state index contributed by atoms with van der Waals surface area (Å²) in [6.07, 6.45) is 0.931. The van der Waals surface area contributed by atoms with Crippen molar-refractivity contribution in [2.45, 2.75) is 40.3 Å². The largest absolute Gasteiger partial charge is 0.493 e. The van der Waals surface area contributed by atoms with E-state index in [4.69, 9.17) is 9.47 Å². The molecule has 2 aromatic carbocycles. The molecule has 0 saturated carbocycles. The van der Waals surface area contributed by atoms with Crippen molar-refractivity contribution >= 4 is 5.91 Å². The number of nitrogens with one attached hydrogen (secondary N) is 1. The second kappa shape index (κ2) is 9.96. The average molecular weight is 408 g/mol. The number of hydrogen-bond donors (Lipinski definition) is 1. The van der Waals surface area contributed by atoms with Crippen LogP contribution < -0.4 is 14.8 Å². The summed E-state index contributed by atoms with van der Waals surface area (Å²) >= 11 is 0. The van der Waals surface area contributed by atoms with Gasteiger partial charge in [-0.25, -0.2) is 0 Å². The van der Waals surface area contributed by atoms with Crippen LogP contribution in [0.5, 0.6) is 11.5 Å². The minimum Gasteiger partial charge on any atom is -0.493 e. The van der Waals surface area contributed by atoms with Crippen LogP contribution in [0.3, 0.4) is 0 Å². The van der Waals surface area contributed by atoms with Gasteiger partial charge in [0.05, 0.1) is 26.0 Å². The summed E-state index contributed by atoms with van der Waals surface area (Å²) in [5.41, 5.74) is 4.80. The molecule has 0 aliphatic carbocycles. The molecule has 1 N–H and O–H groups in total. The molecule has 6 nitrogen and oxygen atoms in total. The van der Waals surface area contributed by atoms with E-state index in [1.165, 1.54) is 0 Å². The van der Waals surface area contributed by atoms with Crippen LogP contribution in [0.2, 0.25) is 0 Å². The zero-order valence-electron chi connectivity index (χ0n) is 18.1. The van der Waals surface area contributed by atoms with E-state index in [0.29, 0.717) is 36.8 Å². The summed E-state index contributed by atoms with van der Waals surface area (Å²) in [5.74, 6) is 1.27. The third-order valence-electron chi connectivity index (χ3n) is 4.79. The highest BCUT2D eigenvalue weighted by atomic mass is 16.5. The van der Waals surface area contributed by atoms with Crippen LogP contribution in [0.15, 0.2) is 48.5 Å². The van der Waals surface area contributed by atoms with Crippen molar-refractivity contribution in [3.8, 4) is 11.5 Å². The number of carbonyl (C=O) groups is 1. The lowest BCUT2D eigenvalue weighted by Gasteiger charge is -2.12. The molecule has 1 heterocycles. The lowest BCUT2D eigenvalue weighted by Crippen LogP contribution is -2.22. The van der Waals surface area contributed by atoms with Gasteiger partial charge >= 0.3 is 0 Å². The SMILES string of the molecule is CCCOc1ccc(CNC(=O)c2ccc(Cn3nc(C)cc3C)cc2)cc1OC. The van der Waals surface area contributed by atoms with Gasteiger partial charge in [-0.3, -0.25) is 9.48 Å². The third kappa shape index (κ3) is 5.41. The van der Waals surface area contributed by atoms with Crippen molar-refractivity contribution in [3.63, 3.8) is 0 Å². The maximum atomic E-state index is 12.5. The first-order chi connectivity index (χ1) is 14.5. The maximum absolute atomic E-state index is 12.5. The molecule has 158 valence electrons. The molecule has 0 bridgehead atoms. The predicted octanol–water partition coefficient (Wildman–Crippen LogP) is 4.28. The summed E-state index contributed by atoms with van der Waals surface area (Å²) < 4.78 is 13.0. The van der Waals surface area contributed by atoms with Gasteiger partial charge in [0.1, 0.15) is 0 Å². The van der Waals surface area contributed by atoms with Crippen LogP contribution in [-0.2, 0) is 13.1 Å². The zero-order chi connectivity index (χ0) is 21.5. The Labute approximate surface area is 177 Å². The predicted molar refractivity (Wildman–Crippen MR) is 117 cm³/mol. The fourth-order valence-corrected chi connectivity index (χ4v) is 3.21. The highest BCUT2D eigenvalue weighted by molar-refractivity contribution is 5.94. The lowest BCUT2D eigenvalue weighted by molar-refractivity contribution is 0.0951. The van der Waals surface area contributed by atoms with Gasteiger partial charge in [-0.05, 0) is 61.7 Å². The Balaban J connectivity index is 1.59. The Morgan fingerprint density at radius 2 is 1.77 bits per heavy atom. The van der Waals surface area contributed by atoms with Crippen molar-refractivity contribution < 1.29 is 14.3 Å². The van der Waals surface area contributed by atoms with Crippen molar-refractivity contribution in [2.75, 3.05) is 13.7 Å². The molecule has 0 fully saturated rings. The van der Waals surface area contributed by atoms with Gasteiger partial charge in [0, 0.05) is 17.8 Å². The van der Waals surface area contributed by atoms with Gasteiger partial charge in [0.2, 0.25) is 0 Å². The number of carbonyl (C=O) groups excluding carboxylic acids is 1. The number of aromatic nitrogens is 2. The number of methoxy groups -OCH3 is 1. The quantitative estimate of drug-likeness (QED) is 0.575. The molecule has 1 amide bonds. The van der Waals surface area contributed by atoms with Crippen molar-refractivity contribution in [3.05, 3.63) is 76.6 Å². The molecule has 0 aliphatic rings. The van der Waals surface area contributed by atoms with E-state index in [0.717, 1.165) is 28.9 Å². The minimum absolute atomic E-state index is 0.113. The van der Waals surface area contributed by atoms with E-state index in [1.54, 1.807) is 7.11 Å². The van der Waals surface area contributed by atoms with Crippen LogP contribution in [0.4, 0.5) is 0 Å². The molecule has 0 aliphatic heterocycles. The van der Waals surface area contributed by atoms with Crippen LogP contribution in [0, 0.1) is 13.8 Å². The Kier molecular flexibility index (Phi) is 7.12. The van der Waals surface area contributed by atoms with Gasteiger partial charge in [0.25, 0.3) is 5.91 Å². The van der Waals surface area contributed by atoms with Gasteiger partial charge in [0.15, 0.2) is 11.5 Å². The van der Waals surface area contributed by atoms with Crippen molar-refractivity contribution in [1.29, 1.82) is 0 Å². The molecule has 3 aromatic rings. The molecule has 6 heteroatoms. The molecule has 0 unspecified atom stereocenters. The Morgan fingerprint density at radius 3 is 2.40 bits per heavy atom. The van der Waals surface area contributed by atoms with E-state index in [9.17, 15) is 4.79 Å². The number of aryl methyl sites for hydroxylation is 2. The highest BCUT2D eigenvalue weighted by Crippen LogP contribution is 2.28. The van der Waals surface area contributed by atoms with Gasteiger partial charge < -0.3 is 14.8 Å². The van der Waals surface area contributed by atoms with E-state index in [1.807, 2.05) is 61.0 Å². The summed E-state index contributed by atoms with van der Waals surface area (Å²) in [7, 11) is 1.62. The van der Waals surface area contributed by atoms with Crippen LogP contribution >= 0.6 is 0 Å². The normalized spacial score (nSPS) is 10.7. The molecule has 0 spiro atoms. The van der Waals surface area contributed by atoms with E-state index in [-0.39, 0.29) is 5.91 Å². The van der Waals surface area contributed by atoms with Crippen molar-refractivity contribution in [2.24, 2.45) is 0 Å². The smallest absolute Gasteiger partial charge is 0.251 e. The molecular formula is C24H29N3O3. The average Bonchev–Trinajstić information content (AvgIpc) is 3.07. The molecular weight excluding hydrogens is 378 g/mol. The van der Waals surface area contributed by atoms with E-state index in [2.05, 4.69) is 23.4 Å². The highest BCUT2D eigenvalue weighted by Gasteiger charge is 2.09. The van der Waals surface area contributed by atoms with Crippen LogP contribution in [0.1, 0.15) is 46.2 Å². The van der Waals surface area contributed by atoms with E-state index >= 15 is 0 Å². The third-order valence-corrected chi connectivity index (χ3v) is 4.79. The Bertz CT molecular complexity index is 993. The second-order valence-corrected chi connectivity index (χ2v) is 7.30. The standard InChI is InChI=1S/C24H29N3O3/c1-5-12-30-22-11-8-20(14-23(22)29-4)15-25-24(28)21-9-6-19(7-10-21)16-27-18(3)13-17(2)26-27/h6-11,13-14H,5,12,15-16H2,1-4H3,(H,25,28). The second-order valence-electron chi connectivity index (χ2n) is 7.30. The van der Waals surface area contributed by atoms with Gasteiger partial charge in [-0.15, -0.1) is 0 Å². The maximum Gasteiger partial charge on any atom is 0.251 e. The number of hydrogen-bond acceptors (Lipinski definition) is 4. The molecule has 1 aromatic heterocycles. The monoisotopic (exact) mass is 407 g/mol. The first-order valence-electron chi connectivity index (χ1n) is 10.2. The van der Waals surface area contributed by atoms with Gasteiger partial charge in [-0.1, -0.05) is 25.1 Å². The molecule has 0 atom stereocenters. The number of benzene rings is 2. The molecule has 0 saturated heterocycles. The van der Waals surface area contributed by atoms with Crippen molar-refractivity contribution in [1.82, 2.24) is 15.1 Å². The summed E-state index contributed by atoms with van der Waals surface area (Å²) in [4.78, 5) is 12.5. The van der Waals surface area contributed by atoms with Crippen LogP contribution in [-0.4, -0.2) is 29.4 Å². The summed E-state index contributed by atoms with van der Waals surface area (Å²) in [6, 6.07) is 15.4. The molecule has 0 radical (unpaired) electrons. The number of ether oxygens (including phenoxy) is 2. The minimum atomic E-state index is -0.113. The van der Waals surface area contributed by atoms with Crippen LogP contribution in [0.25, 0.3) is 0 Å². The first kappa shape index (κ1) is 21.4. The molecule has 30 heavy (non-hydrogen) atoms.